The molecule has 0 aliphatic rings. The van der Waals surface area contributed by atoms with Crippen LogP contribution in [0.15, 0.2) is 77.5 Å². The Morgan fingerprint density at radius 2 is 1.42 bits per heavy atom. The van der Waals surface area contributed by atoms with Gasteiger partial charge >= 0.3 is 0 Å². The van der Waals surface area contributed by atoms with Crippen LogP contribution in [-0.2, 0) is 0 Å². The Morgan fingerprint density at radius 1 is 0.684 bits per heavy atom. The Balaban J connectivity index is 2.09. The molecule has 0 unspecified atom stereocenters. The first-order valence-corrected chi connectivity index (χ1v) is 6.90. The quantitative estimate of drug-likeness (QED) is 0.594. The van der Waals surface area contributed by atoms with Crippen molar-refractivity contribution in [3.63, 3.8) is 0 Å². The molecule has 92 valence electrons. The van der Waals surface area contributed by atoms with E-state index < -0.39 is 0 Å². The van der Waals surface area contributed by atoms with Crippen molar-refractivity contribution in [1.29, 1.82) is 0 Å². The summed E-state index contributed by atoms with van der Waals surface area (Å²) < 4.78 is 0.875. The molecule has 1 aromatic heterocycles. The van der Waals surface area contributed by atoms with Gasteiger partial charge in [-0.3, -0.25) is 0 Å². The van der Waals surface area contributed by atoms with Gasteiger partial charge < -0.3 is 0 Å². The largest absolute Gasteiger partial charge is 0.249 e. The summed E-state index contributed by atoms with van der Waals surface area (Å²) in [6.07, 6.45) is 1.79. The topological polar surface area (TPSA) is 12.9 Å². The van der Waals surface area contributed by atoms with Gasteiger partial charge in [0.05, 0.1) is 0 Å². The maximum Gasteiger partial charge on any atom is 0.113 e. The van der Waals surface area contributed by atoms with Crippen molar-refractivity contribution < 1.29 is 0 Å². The van der Waals surface area contributed by atoms with Crippen LogP contribution in [0.4, 0.5) is 0 Å². The lowest BCUT2D eigenvalue weighted by atomic mass is 10.0. The van der Waals surface area contributed by atoms with Crippen LogP contribution in [-0.4, -0.2) is 4.98 Å². The van der Waals surface area contributed by atoms with Gasteiger partial charge in [0.2, 0.25) is 0 Å². The van der Waals surface area contributed by atoms with Crippen LogP contribution in [0.1, 0.15) is 0 Å². The Hall–Kier alpha value is -1.93. The van der Waals surface area contributed by atoms with Crippen molar-refractivity contribution in [2.24, 2.45) is 0 Å². The average Bonchev–Trinajstić information content (AvgIpc) is 2.49. The summed E-state index contributed by atoms with van der Waals surface area (Å²) in [5.74, 6) is 0. The summed E-state index contributed by atoms with van der Waals surface area (Å²) in [6.45, 7) is 0. The zero-order valence-corrected chi connectivity index (χ0v) is 11.8. The van der Waals surface area contributed by atoms with Gasteiger partial charge in [-0.1, -0.05) is 54.6 Å². The van der Waals surface area contributed by atoms with E-state index in [2.05, 4.69) is 75.5 Å². The van der Waals surface area contributed by atoms with Crippen LogP contribution in [0.5, 0.6) is 0 Å². The molecule has 2 aromatic carbocycles. The first-order valence-electron chi connectivity index (χ1n) is 6.11. The molecule has 0 atom stereocenters. The summed E-state index contributed by atoms with van der Waals surface area (Å²) in [4.78, 5) is 4.27. The highest BCUT2D eigenvalue weighted by Gasteiger charge is 2.04. The number of aromatic nitrogens is 1. The molecule has 0 fully saturated rings. The minimum atomic E-state index is 0.875. The molecule has 3 aromatic rings. The maximum absolute atomic E-state index is 4.27. The maximum atomic E-state index is 4.27. The SMILES string of the molecule is Brc1ncccc1-c1cccc(-c2ccccc2)c1. The second-order valence-electron chi connectivity index (χ2n) is 4.29. The van der Waals surface area contributed by atoms with Crippen molar-refractivity contribution in [3.05, 3.63) is 77.5 Å². The van der Waals surface area contributed by atoms with Crippen molar-refractivity contribution >= 4 is 15.9 Å². The minimum absolute atomic E-state index is 0.875. The first-order chi connectivity index (χ1) is 9.34. The highest BCUT2D eigenvalue weighted by Crippen LogP contribution is 2.29. The first kappa shape index (κ1) is 12.1. The Labute approximate surface area is 121 Å². The molecule has 0 aliphatic carbocycles. The van der Waals surface area contributed by atoms with E-state index in [1.807, 2.05) is 12.1 Å². The molecule has 19 heavy (non-hydrogen) atoms. The number of halogens is 1. The molecule has 1 nitrogen and oxygen atoms in total. The summed E-state index contributed by atoms with van der Waals surface area (Å²) in [6, 6.07) is 22.9. The summed E-state index contributed by atoms with van der Waals surface area (Å²) in [5, 5.41) is 0. The van der Waals surface area contributed by atoms with Gasteiger partial charge in [0.1, 0.15) is 4.60 Å². The second-order valence-corrected chi connectivity index (χ2v) is 5.04. The van der Waals surface area contributed by atoms with E-state index >= 15 is 0 Å². The van der Waals surface area contributed by atoms with Crippen LogP contribution in [0, 0.1) is 0 Å². The Kier molecular flexibility index (Phi) is 3.43. The van der Waals surface area contributed by atoms with E-state index in [0.29, 0.717) is 0 Å². The van der Waals surface area contributed by atoms with Crippen LogP contribution in [0.3, 0.4) is 0 Å². The van der Waals surface area contributed by atoms with E-state index in [1.54, 1.807) is 6.20 Å². The molecule has 2 heteroatoms. The van der Waals surface area contributed by atoms with Gasteiger partial charge in [-0.15, -0.1) is 0 Å². The number of nitrogens with zero attached hydrogens (tertiary/aromatic N) is 1. The van der Waals surface area contributed by atoms with E-state index in [1.165, 1.54) is 16.7 Å². The fourth-order valence-corrected chi connectivity index (χ4v) is 2.58. The number of hydrogen-bond donors (Lipinski definition) is 0. The van der Waals surface area contributed by atoms with Gasteiger partial charge in [-0.25, -0.2) is 4.98 Å². The van der Waals surface area contributed by atoms with Crippen molar-refractivity contribution in [1.82, 2.24) is 4.98 Å². The Bertz CT molecular complexity index is 692. The molecule has 0 saturated heterocycles. The summed E-state index contributed by atoms with van der Waals surface area (Å²) in [5.41, 5.74) is 4.72. The molecular weight excluding hydrogens is 298 g/mol. The number of pyridine rings is 1. The van der Waals surface area contributed by atoms with Gasteiger partial charge in [-0.05, 0) is 44.8 Å². The minimum Gasteiger partial charge on any atom is -0.249 e. The standard InChI is InChI=1S/C17H12BrN/c18-17-16(10-5-11-19-17)15-9-4-8-14(12-15)13-6-2-1-3-7-13/h1-12H. The second kappa shape index (κ2) is 5.37. The van der Waals surface area contributed by atoms with Crippen molar-refractivity contribution in [2.75, 3.05) is 0 Å². The van der Waals surface area contributed by atoms with Crippen molar-refractivity contribution in [3.8, 4) is 22.3 Å². The molecule has 0 N–H and O–H groups in total. The number of benzene rings is 2. The molecule has 0 bridgehead atoms. The predicted molar refractivity (Wildman–Crippen MR) is 82.8 cm³/mol. The molecule has 1 heterocycles. The third-order valence-corrected chi connectivity index (χ3v) is 3.67. The fourth-order valence-electron chi connectivity index (χ4n) is 2.10. The lowest BCUT2D eigenvalue weighted by Gasteiger charge is -2.07. The lowest BCUT2D eigenvalue weighted by Crippen LogP contribution is -1.84. The molecule has 0 radical (unpaired) electrons. The number of rotatable bonds is 2. The molecule has 0 spiro atoms. The van der Waals surface area contributed by atoms with E-state index in [-0.39, 0.29) is 0 Å². The monoisotopic (exact) mass is 309 g/mol. The van der Waals surface area contributed by atoms with Gasteiger partial charge in [0, 0.05) is 11.8 Å². The third kappa shape index (κ3) is 2.59. The van der Waals surface area contributed by atoms with Crippen LogP contribution in [0.2, 0.25) is 0 Å². The smallest absolute Gasteiger partial charge is 0.113 e. The number of hydrogen-bond acceptors (Lipinski definition) is 1. The van der Waals surface area contributed by atoms with Gasteiger partial charge in [-0.2, -0.15) is 0 Å². The molecule has 3 rings (SSSR count). The molecule has 0 aliphatic heterocycles. The van der Waals surface area contributed by atoms with Gasteiger partial charge in [0.15, 0.2) is 0 Å². The van der Waals surface area contributed by atoms with Crippen LogP contribution >= 0.6 is 15.9 Å². The average molecular weight is 310 g/mol. The molecule has 0 saturated carbocycles. The van der Waals surface area contributed by atoms with E-state index in [0.717, 1.165) is 10.2 Å². The van der Waals surface area contributed by atoms with Gasteiger partial charge in [0.25, 0.3) is 0 Å². The lowest BCUT2D eigenvalue weighted by molar-refractivity contribution is 1.28. The molecular formula is C17H12BrN. The van der Waals surface area contributed by atoms with E-state index in [4.69, 9.17) is 0 Å². The summed E-state index contributed by atoms with van der Waals surface area (Å²) >= 11 is 3.50. The van der Waals surface area contributed by atoms with E-state index in [9.17, 15) is 0 Å². The van der Waals surface area contributed by atoms with Crippen LogP contribution in [0.25, 0.3) is 22.3 Å². The Morgan fingerprint density at radius 3 is 2.21 bits per heavy atom. The highest BCUT2D eigenvalue weighted by molar-refractivity contribution is 9.10. The fraction of sp³-hybridized carbons (Fsp3) is 0. The highest BCUT2D eigenvalue weighted by atomic mass is 79.9. The normalized spacial score (nSPS) is 10.4. The zero-order chi connectivity index (χ0) is 13.1. The molecule has 0 amide bonds. The van der Waals surface area contributed by atoms with Crippen LogP contribution < -0.4 is 0 Å². The van der Waals surface area contributed by atoms with Crippen molar-refractivity contribution in [2.45, 2.75) is 0 Å². The zero-order valence-electron chi connectivity index (χ0n) is 10.3. The third-order valence-electron chi connectivity index (χ3n) is 3.04. The summed E-state index contributed by atoms with van der Waals surface area (Å²) in [7, 11) is 0. The predicted octanol–water partition coefficient (Wildman–Crippen LogP) is 5.18.